The van der Waals surface area contributed by atoms with E-state index in [2.05, 4.69) is 17.4 Å². The normalized spacial score (nSPS) is 19.4. The first-order valence-electron chi connectivity index (χ1n) is 8.41. The summed E-state index contributed by atoms with van der Waals surface area (Å²) in [5.74, 6) is 1.48. The van der Waals surface area contributed by atoms with Gasteiger partial charge in [-0.25, -0.2) is 0 Å². The Morgan fingerprint density at radius 3 is 2.71 bits per heavy atom. The van der Waals surface area contributed by atoms with Gasteiger partial charge in [0.1, 0.15) is 0 Å². The Morgan fingerprint density at radius 1 is 1.17 bits per heavy atom. The minimum Gasteiger partial charge on any atom is -0.493 e. The van der Waals surface area contributed by atoms with Gasteiger partial charge in [0.2, 0.25) is 0 Å². The lowest BCUT2D eigenvalue weighted by Crippen LogP contribution is -2.28. The van der Waals surface area contributed by atoms with Crippen LogP contribution < -0.4 is 14.8 Å². The molecule has 2 aromatic rings. The fraction of sp³-hybridized carbons (Fsp3) is 0.400. The van der Waals surface area contributed by atoms with Crippen LogP contribution in [0.3, 0.4) is 0 Å². The second-order valence-electron chi connectivity index (χ2n) is 6.48. The second kappa shape index (κ2) is 7.24. The number of nitrogens with one attached hydrogen (secondary N) is 1. The summed E-state index contributed by atoms with van der Waals surface area (Å²) in [6.07, 6.45) is 0.430. The lowest BCUT2D eigenvalue weighted by Gasteiger charge is -2.19. The maximum atomic E-state index is 10.3. The predicted molar refractivity (Wildman–Crippen MR) is 94.5 cm³/mol. The van der Waals surface area contributed by atoms with Crippen molar-refractivity contribution in [2.45, 2.75) is 45.1 Å². The Bertz CT molecular complexity index is 699. The van der Waals surface area contributed by atoms with Crippen molar-refractivity contribution in [1.82, 2.24) is 5.32 Å². The van der Waals surface area contributed by atoms with Crippen molar-refractivity contribution < 1.29 is 14.6 Å². The molecule has 0 bridgehead atoms. The van der Waals surface area contributed by atoms with Crippen LogP contribution in [0, 0.1) is 0 Å². The van der Waals surface area contributed by atoms with E-state index in [4.69, 9.17) is 9.47 Å². The molecule has 1 aliphatic rings. The molecular formula is C20H25NO3. The van der Waals surface area contributed by atoms with E-state index in [1.807, 2.05) is 44.2 Å². The average molecular weight is 327 g/mol. The standard InChI is InChI=1S/C20H25NO3/c1-13(2)24-18-9-8-14(10-19(18)23-3)12-21-20-16-7-5-4-6-15(16)11-17(20)22/h4-10,13,17,20-22H,11-12H2,1-3H3/t17-,20+/m0/s1. The molecule has 128 valence electrons. The third-order valence-electron chi connectivity index (χ3n) is 4.32. The molecule has 0 aromatic heterocycles. The molecular weight excluding hydrogens is 302 g/mol. The molecule has 3 rings (SSSR count). The number of aliphatic hydroxyl groups excluding tert-OH is 1. The van der Waals surface area contributed by atoms with Crippen LogP contribution in [0.15, 0.2) is 42.5 Å². The highest BCUT2D eigenvalue weighted by molar-refractivity contribution is 5.43. The van der Waals surface area contributed by atoms with Gasteiger partial charge < -0.3 is 19.9 Å². The Labute approximate surface area is 143 Å². The van der Waals surface area contributed by atoms with Crippen molar-refractivity contribution >= 4 is 0 Å². The number of benzene rings is 2. The molecule has 0 spiro atoms. The largest absolute Gasteiger partial charge is 0.493 e. The van der Waals surface area contributed by atoms with Crippen LogP contribution in [0.2, 0.25) is 0 Å². The Kier molecular flexibility index (Phi) is 5.07. The summed E-state index contributed by atoms with van der Waals surface area (Å²) in [5.41, 5.74) is 3.51. The maximum Gasteiger partial charge on any atom is 0.161 e. The van der Waals surface area contributed by atoms with Gasteiger partial charge in [-0.3, -0.25) is 0 Å². The van der Waals surface area contributed by atoms with E-state index in [-0.39, 0.29) is 18.2 Å². The third-order valence-corrected chi connectivity index (χ3v) is 4.32. The molecule has 0 saturated heterocycles. The molecule has 4 heteroatoms. The summed E-state index contributed by atoms with van der Waals surface area (Å²) in [6.45, 7) is 4.65. The van der Waals surface area contributed by atoms with E-state index in [9.17, 15) is 5.11 Å². The zero-order valence-electron chi connectivity index (χ0n) is 14.5. The fourth-order valence-electron chi connectivity index (χ4n) is 3.22. The van der Waals surface area contributed by atoms with Crippen molar-refractivity contribution in [3.05, 3.63) is 59.2 Å². The zero-order chi connectivity index (χ0) is 17.1. The molecule has 2 N–H and O–H groups in total. The fourth-order valence-corrected chi connectivity index (χ4v) is 3.22. The number of aliphatic hydroxyl groups is 1. The summed E-state index contributed by atoms with van der Waals surface area (Å²) in [7, 11) is 1.65. The van der Waals surface area contributed by atoms with E-state index in [0.29, 0.717) is 13.0 Å². The number of fused-ring (bicyclic) bond motifs is 1. The van der Waals surface area contributed by atoms with E-state index < -0.39 is 0 Å². The molecule has 0 amide bonds. The second-order valence-corrected chi connectivity index (χ2v) is 6.48. The van der Waals surface area contributed by atoms with Gasteiger partial charge in [0.05, 0.1) is 25.4 Å². The summed E-state index contributed by atoms with van der Waals surface area (Å²) in [5, 5.41) is 13.8. The van der Waals surface area contributed by atoms with Crippen LogP contribution in [0.4, 0.5) is 0 Å². The minimum atomic E-state index is -0.382. The summed E-state index contributed by atoms with van der Waals surface area (Å²) in [6, 6.07) is 14.1. The van der Waals surface area contributed by atoms with Crippen molar-refractivity contribution in [2.24, 2.45) is 0 Å². The SMILES string of the molecule is COc1cc(CN[C@@H]2c3ccccc3C[C@@H]2O)ccc1OC(C)C. The number of hydrogen-bond donors (Lipinski definition) is 2. The van der Waals surface area contributed by atoms with Gasteiger partial charge in [0, 0.05) is 13.0 Å². The molecule has 0 radical (unpaired) electrons. The van der Waals surface area contributed by atoms with E-state index in [0.717, 1.165) is 17.1 Å². The summed E-state index contributed by atoms with van der Waals surface area (Å²) in [4.78, 5) is 0. The number of methoxy groups -OCH3 is 1. The molecule has 2 aromatic carbocycles. The van der Waals surface area contributed by atoms with E-state index >= 15 is 0 Å². The topological polar surface area (TPSA) is 50.7 Å². The predicted octanol–water partition coefficient (Wildman–Crippen LogP) is 3.23. The third kappa shape index (κ3) is 3.55. The van der Waals surface area contributed by atoms with Gasteiger partial charge in [-0.05, 0) is 42.7 Å². The monoisotopic (exact) mass is 327 g/mol. The number of rotatable bonds is 6. The molecule has 2 atom stereocenters. The Hall–Kier alpha value is -2.04. The molecule has 0 heterocycles. The van der Waals surface area contributed by atoms with Crippen LogP contribution in [-0.2, 0) is 13.0 Å². The van der Waals surface area contributed by atoms with Crippen LogP contribution in [0.25, 0.3) is 0 Å². The van der Waals surface area contributed by atoms with Gasteiger partial charge >= 0.3 is 0 Å². The van der Waals surface area contributed by atoms with Gasteiger partial charge in [-0.2, -0.15) is 0 Å². The van der Waals surface area contributed by atoms with Crippen LogP contribution >= 0.6 is 0 Å². The van der Waals surface area contributed by atoms with Crippen molar-refractivity contribution in [1.29, 1.82) is 0 Å². The van der Waals surface area contributed by atoms with Crippen LogP contribution in [-0.4, -0.2) is 24.4 Å². The summed E-state index contributed by atoms with van der Waals surface area (Å²) >= 11 is 0. The first-order valence-corrected chi connectivity index (χ1v) is 8.41. The molecule has 0 unspecified atom stereocenters. The van der Waals surface area contributed by atoms with E-state index in [1.54, 1.807) is 7.11 Å². The lowest BCUT2D eigenvalue weighted by molar-refractivity contribution is 0.140. The first-order chi connectivity index (χ1) is 11.6. The molecule has 0 saturated carbocycles. The lowest BCUT2D eigenvalue weighted by atomic mass is 10.1. The highest BCUT2D eigenvalue weighted by Crippen LogP contribution is 2.32. The molecule has 0 aliphatic heterocycles. The highest BCUT2D eigenvalue weighted by Gasteiger charge is 2.30. The molecule has 24 heavy (non-hydrogen) atoms. The van der Waals surface area contributed by atoms with Gasteiger partial charge in [-0.15, -0.1) is 0 Å². The molecule has 4 nitrogen and oxygen atoms in total. The summed E-state index contributed by atoms with van der Waals surface area (Å²) < 4.78 is 11.2. The number of hydrogen-bond acceptors (Lipinski definition) is 4. The van der Waals surface area contributed by atoms with Crippen molar-refractivity contribution in [2.75, 3.05) is 7.11 Å². The average Bonchev–Trinajstić information content (AvgIpc) is 2.88. The van der Waals surface area contributed by atoms with Gasteiger partial charge in [0.25, 0.3) is 0 Å². The Balaban J connectivity index is 1.71. The molecule has 0 fully saturated rings. The maximum absolute atomic E-state index is 10.3. The minimum absolute atomic E-state index is 0.0289. The van der Waals surface area contributed by atoms with Crippen molar-refractivity contribution in [3.8, 4) is 11.5 Å². The highest BCUT2D eigenvalue weighted by atomic mass is 16.5. The number of ether oxygens (including phenoxy) is 2. The molecule has 1 aliphatic carbocycles. The van der Waals surface area contributed by atoms with E-state index in [1.165, 1.54) is 11.1 Å². The van der Waals surface area contributed by atoms with Crippen LogP contribution in [0.1, 0.15) is 36.6 Å². The van der Waals surface area contributed by atoms with Gasteiger partial charge in [-0.1, -0.05) is 30.3 Å². The van der Waals surface area contributed by atoms with Gasteiger partial charge in [0.15, 0.2) is 11.5 Å². The first kappa shape index (κ1) is 16.8. The smallest absolute Gasteiger partial charge is 0.161 e. The zero-order valence-corrected chi connectivity index (χ0v) is 14.5. The van der Waals surface area contributed by atoms with Crippen molar-refractivity contribution in [3.63, 3.8) is 0 Å². The quantitative estimate of drug-likeness (QED) is 0.855. The Morgan fingerprint density at radius 2 is 1.96 bits per heavy atom. The van der Waals surface area contributed by atoms with Crippen LogP contribution in [0.5, 0.6) is 11.5 Å².